The molecule has 2 rings (SSSR count). The van der Waals surface area contributed by atoms with Gasteiger partial charge >= 0.3 is 0 Å². The molecular weight excluding hydrogens is 272 g/mol. The molecular formula is C15H24N2O2S. The zero-order valence-corrected chi connectivity index (χ0v) is 13.5. The number of hydrogen-bond donors (Lipinski definition) is 2. The maximum atomic E-state index is 11.9. The van der Waals surface area contributed by atoms with E-state index in [0.717, 1.165) is 25.1 Å². The third kappa shape index (κ3) is 3.66. The second-order valence-corrected chi connectivity index (χ2v) is 8.76. The lowest BCUT2D eigenvalue weighted by atomic mass is 9.87. The smallest absolute Gasteiger partial charge is 0.177 e. The van der Waals surface area contributed by atoms with Crippen molar-refractivity contribution in [2.75, 3.05) is 23.4 Å². The summed E-state index contributed by atoms with van der Waals surface area (Å²) in [5.74, 6) is 0. The molecule has 0 spiro atoms. The van der Waals surface area contributed by atoms with Crippen LogP contribution in [0.2, 0.25) is 0 Å². The maximum absolute atomic E-state index is 11.9. The molecule has 1 aromatic rings. The highest BCUT2D eigenvalue weighted by molar-refractivity contribution is 7.90. The minimum absolute atomic E-state index is 0.247. The van der Waals surface area contributed by atoms with E-state index in [1.165, 1.54) is 6.26 Å². The van der Waals surface area contributed by atoms with Gasteiger partial charge in [0.05, 0.1) is 16.3 Å². The predicted molar refractivity (Wildman–Crippen MR) is 84.1 cm³/mol. The van der Waals surface area contributed by atoms with Crippen molar-refractivity contribution < 1.29 is 8.42 Å². The van der Waals surface area contributed by atoms with Gasteiger partial charge in [0.15, 0.2) is 9.84 Å². The molecule has 1 aliphatic heterocycles. The standard InChI is InChI=1S/C15H24N2O2S/c1-15(2,3)10-11-8-9-16-14-12(17-11)6-5-7-13(14)20(4,18)19/h5-7,11,16-17H,8-10H2,1-4H3. The van der Waals surface area contributed by atoms with Crippen LogP contribution in [-0.4, -0.2) is 27.3 Å². The number of para-hydroxylation sites is 1. The second-order valence-electron chi connectivity index (χ2n) is 6.77. The Morgan fingerprint density at radius 1 is 1.30 bits per heavy atom. The maximum Gasteiger partial charge on any atom is 0.177 e. The van der Waals surface area contributed by atoms with Crippen molar-refractivity contribution in [1.29, 1.82) is 0 Å². The van der Waals surface area contributed by atoms with Crippen LogP contribution >= 0.6 is 0 Å². The molecule has 0 fully saturated rings. The van der Waals surface area contributed by atoms with Crippen molar-refractivity contribution in [1.82, 2.24) is 0 Å². The average Bonchev–Trinajstić information content (AvgIpc) is 2.45. The molecule has 1 heterocycles. The minimum Gasteiger partial charge on any atom is -0.382 e. The Kier molecular flexibility index (Phi) is 4.00. The van der Waals surface area contributed by atoms with E-state index in [1.54, 1.807) is 12.1 Å². The van der Waals surface area contributed by atoms with Gasteiger partial charge in [-0.3, -0.25) is 0 Å². The molecule has 0 amide bonds. The third-order valence-corrected chi connectivity index (χ3v) is 4.58. The molecule has 0 aliphatic carbocycles. The molecule has 0 bridgehead atoms. The molecule has 1 atom stereocenters. The molecule has 1 unspecified atom stereocenters. The van der Waals surface area contributed by atoms with Crippen LogP contribution < -0.4 is 10.6 Å². The first-order valence-electron chi connectivity index (χ1n) is 7.00. The summed E-state index contributed by atoms with van der Waals surface area (Å²) in [4.78, 5) is 0.374. The van der Waals surface area contributed by atoms with Crippen molar-refractivity contribution in [3.05, 3.63) is 18.2 Å². The summed E-state index contributed by atoms with van der Waals surface area (Å²) in [7, 11) is -3.22. The van der Waals surface area contributed by atoms with E-state index in [-0.39, 0.29) is 5.41 Å². The topological polar surface area (TPSA) is 58.2 Å². The fraction of sp³-hybridized carbons (Fsp3) is 0.600. The van der Waals surface area contributed by atoms with Gasteiger partial charge in [-0.15, -0.1) is 0 Å². The van der Waals surface area contributed by atoms with Gasteiger partial charge in [0.25, 0.3) is 0 Å². The van der Waals surface area contributed by atoms with Gasteiger partial charge in [0, 0.05) is 18.8 Å². The van der Waals surface area contributed by atoms with E-state index in [0.29, 0.717) is 16.6 Å². The van der Waals surface area contributed by atoms with Gasteiger partial charge in [-0.1, -0.05) is 26.8 Å². The van der Waals surface area contributed by atoms with Crippen LogP contribution in [0.4, 0.5) is 11.4 Å². The Morgan fingerprint density at radius 2 is 2.00 bits per heavy atom. The first-order valence-corrected chi connectivity index (χ1v) is 8.89. The molecule has 1 aromatic carbocycles. The molecule has 4 nitrogen and oxygen atoms in total. The molecule has 112 valence electrons. The van der Waals surface area contributed by atoms with Gasteiger partial charge in [-0.05, 0) is 30.4 Å². The molecule has 2 N–H and O–H groups in total. The molecule has 1 aliphatic rings. The van der Waals surface area contributed by atoms with Crippen molar-refractivity contribution in [2.24, 2.45) is 5.41 Å². The lowest BCUT2D eigenvalue weighted by Crippen LogP contribution is -2.25. The predicted octanol–water partition coefficient (Wildman–Crippen LogP) is 3.12. The first kappa shape index (κ1) is 15.2. The van der Waals surface area contributed by atoms with E-state index in [2.05, 4.69) is 31.4 Å². The Balaban J connectivity index is 2.34. The van der Waals surface area contributed by atoms with Crippen LogP contribution in [0.25, 0.3) is 0 Å². The van der Waals surface area contributed by atoms with E-state index >= 15 is 0 Å². The molecule has 0 saturated heterocycles. The van der Waals surface area contributed by atoms with E-state index < -0.39 is 9.84 Å². The summed E-state index contributed by atoms with van der Waals surface area (Å²) >= 11 is 0. The third-order valence-electron chi connectivity index (χ3n) is 3.44. The lowest BCUT2D eigenvalue weighted by Gasteiger charge is -2.26. The van der Waals surface area contributed by atoms with Crippen LogP contribution in [0.1, 0.15) is 33.6 Å². The zero-order valence-electron chi connectivity index (χ0n) is 12.7. The fourth-order valence-corrected chi connectivity index (χ4v) is 3.58. The molecule has 0 aromatic heterocycles. The summed E-state index contributed by atoms with van der Waals surface area (Å²) in [5, 5.41) is 6.78. The summed E-state index contributed by atoms with van der Waals surface area (Å²) in [6.07, 6.45) is 3.29. The number of fused-ring (bicyclic) bond motifs is 1. The fourth-order valence-electron chi connectivity index (χ4n) is 2.70. The summed E-state index contributed by atoms with van der Waals surface area (Å²) in [6, 6.07) is 5.76. The number of anilines is 2. The molecule has 0 saturated carbocycles. The lowest BCUT2D eigenvalue weighted by molar-refractivity contribution is 0.345. The summed E-state index contributed by atoms with van der Waals surface area (Å²) in [6.45, 7) is 7.45. The number of sulfone groups is 1. The number of nitrogens with one attached hydrogen (secondary N) is 2. The Bertz CT molecular complexity index is 588. The Hall–Kier alpha value is -1.23. The monoisotopic (exact) mass is 296 g/mol. The molecule has 0 radical (unpaired) electrons. The van der Waals surface area contributed by atoms with Crippen molar-refractivity contribution in [2.45, 2.75) is 44.6 Å². The Labute approximate surface area is 121 Å². The highest BCUT2D eigenvalue weighted by atomic mass is 32.2. The SMILES string of the molecule is CC(C)(C)CC1CCNc2c(cccc2S(C)(=O)=O)N1. The largest absolute Gasteiger partial charge is 0.382 e. The number of rotatable bonds is 2. The van der Waals surface area contributed by atoms with Crippen LogP contribution in [0, 0.1) is 5.41 Å². The van der Waals surface area contributed by atoms with Gasteiger partial charge in [0.1, 0.15) is 0 Å². The van der Waals surface area contributed by atoms with Crippen molar-refractivity contribution >= 4 is 21.2 Å². The van der Waals surface area contributed by atoms with Crippen molar-refractivity contribution in [3.63, 3.8) is 0 Å². The van der Waals surface area contributed by atoms with Gasteiger partial charge in [-0.25, -0.2) is 8.42 Å². The number of benzene rings is 1. The Morgan fingerprint density at radius 3 is 2.60 bits per heavy atom. The van der Waals surface area contributed by atoms with Crippen molar-refractivity contribution in [3.8, 4) is 0 Å². The minimum atomic E-state index is -3.22. The van der Waals surface area contributed by atoms with E-state index in [9.17, 15) is 8.42 Å². The normalized spacial score (nSPS) is 19.5. The molecule has 5 heteroatoms. The quantitative estimate of drug-likeness (QED) is 0.880. The van der Waals surface area contributed by atoms with Crippen LogP contribution in [-0.2, 0) is 9.84 Å². The van der Waals surface area contributed by atoms with E-state index in [1.807, 2.05) is 6.07 Å². The second kappa shape index (κ2) is 5.28. The average molecular weight is 296 g/mol. The van der Waals surface area contributed by atoms with E-state index in [4.69, 9.17) is 0 Å². The molecule has 20 heavy (non-hydrogen) atoms. The van der Waals surface area contributed by atoms with Gasteiger partial charge in [0.2, 0.25) is 0 Å². The van der Waals surface area contributed by atoms with Gasteiger partial charge in [-0.2, -0.15) is 0 Å². The van der Waals surface area contributed by atoms with Crippen LogP contribution in [0.5, 0.6) is 0 Å². The van der Waals surface area contributed by atoms with Gasteiger partial charge < -0.3 is 10.6 Å². The summed E-state index contributed by atoms with van der Waals surface area (Å²) < 4.78 is 23.7. The van der Waals surface area contributed by atoms with Crippen LogP contribution in [0.3, 0.4) is 0 Å². The summed E-state index contributed by atoms with van der Waals surface area (Å²) in [5.41, 5.74) is 1.85. The first-order chi connectivity index (χ1) is 9.17. The zero-order chi connectivity index (χ0) is 15.0. The van der Waals surface area contributed by atoms with Crippen LogP contribution in [0.15, 0.2) is 23.1 Å². The highest BCUT2D eigenvalue weighted by Gasteiger charge is 2.24. The highest BCUT2D eigenvalue weighted by Crippen LogP contribution is 2.34. The number of hydrogen-bond acceptors (Lipinski definition) is 4.